The first-order valence-corrected chi connectivity index (χ1v) is 13.1. The Labute approximate surface area is 193 Å². The number of aryl methyl sites for hydroxylation is 1. The lowest BCUT2D eigenvalue weighted by molar-refractivity contribution is 0.579. The van der Waals surface area contributed by atoms with Crippen LogP contribution in [0.5, 0.6) is 0 Å². The predicted octanol–water partition coefficient (Wildman–Crippen LogP) is 1.77. The van der Waals surface area contributed by atoms with Crippen molar-refractivity contribution in [3.8, 4) is 11.3 Å². The fraction of sp³-hybridized carbons (Fsp3) is 0.238. The number of nitrogens with zero attached hydrogens (tertiary/aromatic N) is 2. The van der Waals surface area contributed by atoms with Crippen LogP contribution in [0.2, 0.25) is 0 Å². The summed E-state index contributed by atoms with van der Waals surface area (Å²) in [6, 6.07) is 12.4. The summed E-state index contributed by atoms with van der Waals surface area (Å²) >= 11 is 0. The molecule has 1 aromatic heterocycles. The van der Waals surface area contributed by atoms with E-state index < -0.39 is 20.0 Å². The number of aromatic nitrogens is 2. The Kier molecular flexibility index (Phi) is 7.32. The lowest BCUT2D eigenvalue weighted by Crippen LogP contribution is -2.26. The van der Waals surface area contributed by atoms with E-state index in [0.717, 1.165) is 28.8 Å². The van der Waals surface area contributed by atoms with Crippen LogP contribution in [0.15, 0.2) is 58.3 Å². The SMILES string of the molecule is Cc1cccc(-c2cc(NCCCNS(=O)(=O)c3ccc(S(N)(=O)=O)cc3)nc(N)n2)c1C. The number of hydrogen-bond donors (Lipinski definition) is 4. The van der Waals surface area contributed by atoms with Crippen molar-refractivity contribution in [1.82, 2.24) is 14.7 Å². The molecule has 0 unspecified atom stereocenters. The van der Waals surface area contributed by atoms with Gasteiger partial charge < -0.3 is 11.1 Å². The summed E-state index contributed by atoms with van der Waals surface area (Å²) in [4.78, 5) is 8.31. The molecule has 6 N–H and O–H groups in total. The molecule has 0 amide bonds. The number of anilines is 2. The fourth-order valence-electron chi connectivity index (χ4n) is 3.13. The highest BCUT2D eigenvalue weighted by molar-refractivity contribution is 7.89. The van der Waals surface area contributed by atoms with Crippen molar-refractivity contribution >= 4 is 31.8 Å². The second kappa shape index (κ2) is 9.83. The van der Waals surface area contributed by atoms with Gasteiger partial charge in [0.05, 0.1) is 15.5 Å². The molecule has 33 heavy (non-hydrogen) atoms. The third kappa shape index (κ3) is 6.26. The lowest BCUT2D eigenvalue weighted by Gasteiger charge is -2.12. The van der Waals surface area contributed by atoms with Gasteiger partial charge in [-0.15, -0.1) is 0 Å². The number of nitrogen functional groups attached to an aromatic ring is 1. The summed E-state index contributed by atoms with van der Waals surface area (Å²) in [6.07, 6.45) is 0.469. The molecule has 3 aromatic rings. The number of nitrogens with one attached hydrogen (secondary N) is 2. The monoisotopic (exact) mass is 490 g/mol. The predicted molar refractivity (Wildman–Crippen MR) is 127 cm³/mol. The Balaban J connectivity index is 1.58. The molecule has 3 rings (SSSR count). The first-order valence-electron chi connectivity index (χ1n) is 10.0. The first-order chi connectivity index (χ1) is 15.5. The van der Waals surface area contributed by atoms with E-state index >= 15 is 0 Å². The van der Waals surface area contributed by atoms with E-state index in [1.165, 1.54) is 12.1 Å². The van der Waals surface area contributed by atoms with Gasteiger partial charge in [-0.25, -0.2) is 31.7 Å². The number of rotatable bonds is 9. The van der Waals surface area contributed by atoms with E-state index in [-0.39, 0.29) is 22.3 Å². The average molecular weight is 491 g/mol. The zero-order valence-electron chi connectivity index (χ0n) is 18.2. The average Bonchev–Trinajstić information content (AvgIpc) is 2.74. The first kappa shape index (κ1) is 24.6. The third-order valence-electron chi connectivity index (χ3n) is 5.04. The van der Waals surface area contributed by atoms with Gasteiger partial charge in [-0.3, -0.25) is 0 Å². The molecule has 176 valence electrons. The van der Waals surface area contributed by atoms with E-state index in [1.807, 2.05) is 32.0 Å². The second-order valence-electron chi connectivity index (χ2n) is 7.44. The third-order valence-corrected chi connectivity index (χ3v) is 7.44. The Bertz CT molecular complexity index is 1360. The fourth-order valence-corrected chi connectivity index (χ4v) is 4.72. The molecule has 0 saturated carbocycles. The Morgan fingerprint density at radius 3 is 2.24 bits per heavy atom. The van der Waals surface area contributed by atoms with Crippen LogP contribution in [0.1, 0.15) is 17.5 Å². The molecule has 0 aliphatic heterocycles. The van der Waals surface area contributed by atoms with Crippen LogP contribution in [-0.2, 0) is 20.0 Å². The zero-order valence-corrected chi connectivity index (χ0v) is 19.9. The zero-order chi connectivity index (χ0) is 24.2. The molecule has 0 spiro atoms. The minimum absolute atomic E-state index is 0.0513. The van der Waals surface area contributed by atoms with Gasteiger partial charge in [0.2, 0.25) is 26.0 Å². The number of nitrogens with two attached hydrogens (primary N) is 2. The smallest absolute Gasteiger partial charge is 0.240 e. The van der Waals surface area contributed by atoms with Gasteiger partial charge in [-0.05, 0) is 55.7 Å². The Morgan fingerprint density at radius 1 is 0.909 bits per heavy atom. The quantitative estimate of drug-likeness (QED) is 0.329. The van der Waals surface area contributed by atoms with E-state index in [1.54, 1.807) is 6.07 Å². The molecule has 0 atom stereocenters. The van der Waals surface area contributed by atoms with Crippen LogP contribution < -0.4 is 20.9 Å². The highest BCUT2D eigenvalue weighted by Crippen LogP contribution is 2.26. The van der Waals surface area contributed by atoms with E-state index in [9.17, 15) is 16.8 Å². The molecule has 12 heteroatoms. The number of primary sulfonamides is 1. The van der Waals surface area contributed by atoms with Crippen molar-refractivity contribution in [3.05, 3.63) is 59.7 Å². The standard InChI is InChI=1S/C21H26N6O4S2/c1-14-5-3-6-18(15(14)2)19-13-20(27-21(22)26-19)24-11-4-12-25-33(30,31)17-9-7-16(8-10-17)32(23,28)29/h3,5-10,13,25H,4,11-12H2,1-2H3,(H2,23,28,29)(H3,22,24,26,27). The van der Waals surface area contributed by atoms with Gasteiger partial charge >= 0.3 is 0 Å². The maximum Gasteiger partial charge on any atom is 0.240 e. The van der Waals surface area contributed by atoms with Crippen molar-refractivity contribution in [2.75, 3.05) is 24.1 Å². The summed E-state index contributed by atoms with van der Waals surface area (Å²) in [5.74, 6) is 0.680. The number of sulfonamides is 2. The Hall–Kier alpha value is -3.06. The second-order valence-corrected chi connectivity index (χ2v) is 10.8. The van der Waals surface area contributed by atoms with Gasteiger partial charge in [-0.1, -0.05) is 18.2 Å². The topological polar surface area (TPSA) is 170 Å². The van der Waals surface area contributed by atoms with Gasteiger partial charge in [0.15, 0.2) is 0 Å². The molecule has 10 nitrogen and oxygen atoms in total. The van der Waals surface area contributed by atoms with Gasteiger partial charge in [0.1, 0.15) is 5.82 Å². The molecule has 0 aliphatic rings. The molecule has 0 radical (unpaired) electrons. The maximum absolute atomic E-state index is 12.4. The van der Waals surface area contributed by atoms with Crippen LogP contribution in [-0.4, -0.2) is 39.9 Å². The minimum Gasteiger partial charge on any atom is -0.370 e. The molecular weight excluding hydrogens is 464 g/mol. The molecule has 0 fully saturated rings. The summed E-state index contributed by atoms with van der Waals surface area (Å²) in [7, 11) is -7.67. The summed E-state index contributed by atoms with van der Waals surface area (Å²) in [5.41, 5.74) is 9.79. The normalized spacial score (nSPS) is 12.0. The van der Waals surface area contributed by atoms with Crippen molar-refractivity contribution < 1.29 is 16.8 Å². The van der Waals surface area contributed by atoms with Crippen molar-refractivity contribution in [2.45, 2.75) is 30.1 Å². The van der Waals surface area contributed by atoms with Crippen LogP contribution in [0.25, 0.3) is 11.3 Å². The van der Waals surface area contributed by atoms with Crippen LogP contribution in [0.3, 0.4) is 0 Å². The maximum atomic E-state index is 12.4. The summed E-state index contributed by atoms with van der Waals surface area (Å²) in [5, 5.41) is 8.16. The molecular formula is C21H26N6O4S2. The van der Waals surface area contributed by atoms with Crippen LogP contribution >= 0.6 is 0 Å². The molecule has 2 aromatic carbocycles. The van der Waals surface area contributed by atoms with Crippen molar-refractivity contribution in [1.29, 1.82) is 0 Å². The minimum atomic E-state index is -3.89. The largest absolute Gasteiger partial charge is 0.370 e. The highest BCUT2D eigenvalue weighted by Gasteiger charge is 2.15. The number of hydrogen-bond acceptors (Lipinski definition) is 8. The summed E-state index contributed by atoms with van der Waals surface area (Å²) in [6.45, 7) is 4.65. The molecule has 0 bridgehead atoms. The Morgan fingerprint density at radius 2 is 1.58 bits per heavy atom. The van der Waals surface area contributed by atoms with E-state index in [0.29, 0.717) is 24.5 Å². The highest BCUT2D eigenvalue weighted by atomic mass is 32.2. The molecule has 1 heterocycles. The number of benzene rings is 2. The van der Waals surface area contributed by atoms with Crippen LogP contribution in [0.4, 0.5) is 11.8 Å². The van der Waals surface area contributed by atoms with E-state index in [4.69, 9.17) is 10.9 Å². The van der Waals surface area contributed by atoms with Crippen molar-refractivity contribution in [3.63, 3.8) is 0 Å². The van der Waals surface area contributed by atoms with E-state index in [2.05, 4.69) is 20.0 Å². The van der Waals surface area contributed by atoms with Gasteiger partial charge in [0, 0.05) is 24.7 Å². The molecule has 0 aliphatic carbocycles. The van der Waals surface area contributed by atoms with Gasteiger partial charge in [-0.2, -0.15) is 4.98 Å². The van der Waals surface area contributed by atoms with Crippen molar-refractivity contribution in [2.24, 2.45) is 5.14 Å². The van der Waals surface area contributed by atoms with Gasteiger partial charge in [0.25, 0.3) is 0 Å². The summed E-state index contributed by atoms with van der Waals surface area (Å²) < 4.78 is 49.8. The lowest BCUT2D eigenvalue weighted by atomic mass is 10.0. The molecule has 0 saturated heterocycles. The van der Waals surface area contributed by atoms with Crippen LogP contribution in [0, 0.1) is 13.8 Å².